The van der Waals surface area contributed by atoms with Gasteiger partial charge < -0.3 is 15.5 Å². The summed E-state index contributed by atoms with van der Waals surface area (Å²) in [5, 5.41) is 6.67. The number of piperidine rings is 1. The molecule has 5 rings (SSSR count). The Morgan fingerprint density at radius 2 is 1.94 bits per heavy atom. The lowest BCUT2D eigenvalue weighted by molar-refractivity contribution is -0.121. The van der Waals surface area contributed by atoms with Gasteiger partial charge in [-0.15, -0.1) is 11.3 Å². The van der Waals surface area contributed by atoms with Crippen LogP contribution in [-0.2, 0) is 24.3 Å². The highest BCUT2D eigenvalue weighted by molar-refractivity contribution is 7.15. The molecule has 0 spiro atoms. The van der Waals surface area contributed by atoms with Gasteiger partial charge in [0.1, 0.15) is 0 Å². The second-order valence-electron chi connectivity index (χ2n) is 9.41. The van der Waals surface area contributed by atoms with Crippen LogP contribution in [-0.4, -0.2) is 46.4 Å². The first-order valence-electron chi connectivity index (χ1n) is 12.2. The van der Waals surface area contributed by atoms with E-state index in [2.05, 4.69) is 39.8 Å². The predicted molar refractivity (Wildman–Crippen MR) is 139 cm³/mol. The Balaban J connectivity index is 1.16. The average molecular weight is 490 g/mol. The molecule has 35 heavy (non-hydrogen) atoms. The Morgan fingerprint density at radius 3 is 2.77 bits per heavy atom. The van der Waals surface area contributed by atoms with Gasteiger partial charge in [0, 0.05) is 49.7 Å². The monoisotopic (exact) mass is 489 g/mol. The summed E-state index contributed by atoms with van der Waals surface area (Å²) in [6, 6.07) is 18.1. The second-order valence-corrected chi connectivity index (χ2v) is 10.5. The summed E-state index contributed by atoms with van der Waals surface area (Å²) >= 11 is 1.57. The number of aromatic nitrogens is 1. The molecule has 1 saturated heterocycles. The van der Waals surface area contributed by atoms with Gasteiger partial charge in [-0.3, -0.25) is 9.69 Å². The number of anilines is 2. The molecule has 1 atom stereocenters. The van der Waals surface area contributed by atoms with Crippen LogP contribution >= 0.6 is 11.3 Å². The Labute approximate surface area is 210 Å². The maximum absolute atomic E-state index is 13.0. The summed E-state index contributed by atoms with van der Waals surface area (Å²) in [6.45, 7) is 5.81. The van der Waals surface area contributed by atoms with E-state index in [1.165, 1.54) is 10.4 Å². The quantitative estimate of drug-likeness (QED) is 0.535. The minimum Gasteiger partial charge on any atom is -0.324 e. The first-order valence-corrected chi connectivity index (χ1v) is 13.0. The van der Waals surface area contributed by atoms with E-state index in [4.69, 9.17) is 4.98 Å². The summed E-state index contributed by atoms with van der Waals surface area (Å²) in [7, 11) is 0. The fourth-order valence-electron chi connectivity index (χ4n) is 4.79. The van der Waals surface area contributed by atoms with E-state index in [0.717, 1.165) is 55.8 Å². The van der Waals surface area contributed by atoms with E-state index >= 15 is 0 Å². The molecule has 1 aromatic heterocycles. The zero-order valence-corrected chi connectivity index (χ0v) is 20.8. The normalized spacial score (nSPS) is 18.1. The van der Waals surface area contributed by atoms with E-state index < -0.39 is 0 Å². The van der Waals surface area contributed by atoms with E-state index in [0.29, 0.717) is 18.2 Å². The van der Waals surface area contributed by atoms with Gasteiger partial charge in [0.15, 0.2) is 5.13 Å². The predicted octanol–water partition coefficient (Wildman–Crippen LogP) is 4.89. The first kappa shape index (κ1) is 23.5. The molecular formula is C27H31N5O2S. The minimum absolute atomic E-state index is 0.0507. The van der Waals surface area contributed by atoms with Crippen LogP contribution in [0.5, 0.6) is 0 Å². The van der Waals surface area contributed by atoms with Crippen LogP contribution in [0, 0.1) is 12.8 Å². The molecule has 1 fully saturated rings. The number of carbonyl (C=O) groups excluding carboxylic acids is 2. The Hall–Kier alpha value is -3.23. The molecule has 3 heterocycles. The molecule has 7 nitrogen and oxygen atoms in total. The van der Waals surface area contributed by atoms with Crippen molar-refractivity contribution in [3.8, 4) is 0 Å². The van der Waals surface area contributed by atoms with E-state index in [1.54, 1.807) is 16.2 Å². The molecule has 0 aliphatic carbocycles. The number of rotatable bonds is 5. The third-order valence-electron chi connectivity index (χ3n) is 6.64. The van der Waals surface area contributed by atoms with E-state index in [9.17, 15) is 9.59 Å². The van der Waals surface area contributed by atoms with Crippen molar-refractivity contribution in [2.75, 3.05) is 30.3 Å². The maximum Gasteiger partial charge on any atom is 0.321 e. The third-order valence-corrected chi connectivity index (χ3v) is 7.64. The van der Waals surface area contributed by atoms with Crippen molar-refractivity contribution in [3.05, 3.63) is 76.3 Å². The zero-order chi connectivity index (χ0) is 24.2. The average Bonchev–Trinajstić information content (AvgIpc) is 3.26. The molecule has 0 saturated carbocycles. The Kier molecular flexibility index (Phi) is 7.11. The highest BCUT2D eigenvalue weighted by Gasteiger charge is 2.30. The summed E-state index contributed by atoms with van der Waals surface area (Å²) in [4.78, 5) is 35.9. The molecule has 2 N–H and O–H groups in total. The molecular weight excluding hydrogens is 458 g/mol. The SMILES string of the molecule is Cc1cccc(NC(=O)N2CCCC(C(=O)Nc3nc4c(s3)CN(Cc3ccccc3)CC4)C2)c1. The van der Waals surface area contributed by atoms with Crippen molar-refractivity contribution in [2.24, 2.45) is 5.92 Å². The molecule has 8 heteroatoms. The number of hydrogen-bond donors (Lipinski definition) is 2. The number of amides is 3. The van der Waals surface area contributed by atoms with Crippen LogP contribution in [0.2, 0.25) is 0 Å². The topological polar surface area (TPSA) is 77.6 Å². The largest absolute Gasteiger partial charge is 0.324 e. The van der Waals surface area contributed by atoms with E-state index in [1.807, 2.05) is 37.3 Å². The Morgan fingerprint density at radius 1 is 1.09 bits per heavy atom. The molecule has 3 aromatic rings. The number of hydrogen-bond acceptors (Lipinski definition) is 5. The van der Waals surface area contributed by atoms with Crippen LogP contribution in [0.4, 0.5) is 15.6 Å². The van der Waals surface area contributed by atoms with Crippen LogP contribution in [0.3, 0.4) is 0 Å². The van der Waals surface area contributed by atoms with Crippen molar-refractivity contribution in [3.63, 3.8) is 0 Å². The van der Waals surface area contributed by atoms with E-state index in [-0.39, 0.29) is 17.9 Å². The number of fused-ring (bicyclic) bond motifs is 1. The van der Waals surface area contributed by atoms with Gasteiger partial charge >= 0.3 is 6.03 Å². The number of carbonyl (C=O) groups is 2. The zero-order valence-electron chi connectivity index (χ0n) is 20.0. The number of aryl methyl sites for hydroxylation is 1. The van der Waals surface area contributed by atoms with Crippen molar-refractivity contribution in [1.29, 1.82) is 0 Å². The van der Waals surface area contributed by atoms with Crippen LogP contribution in [0.15, 0.2) is 54.6 Å². The van der Waals surface area contributed by atoms with Crippen molar-refractivity contribution < 1.29 is 9.59 Å². The van der Waals surface area contributed by atoms with Crippen molar-refractivity contribution >= 4 is 34.1 Å². The van der Waals surface area contributed by atoms with Gasteiger partial charge in [0.05, 0.1) is 11.6 Å². The fraction of sp³-hybridized carbons (Fsp3) is 0.370. The summed E-state index contributed by atoms with van der Waals surface area (Å²) in [6.07, 6.45) is 2.48. The molecule has 1 unspecified atom stereocenters. The highest BCUT2D eigenvalue weighted by atomic mass is 32.1. The number of nitrogens with zero attached hydrogens (tertiary/aromatic N) is 3. The second kappa shape index (κ2) is 10.6. The lowest BCUT2D eigenvalue weighted by Gasteiger charge is -2.31. The van der Waals surface area contributed by atoms with Crippen LogP contribution in [0.25, 0.3) is 0 Å². The summed E-state index contributed by atoms with van der Waals surface area (Å²) in [5.41, 5.74) is 4.27. The van der Waals surface area contributed by atoms with Crippen molar-refractivity contribution in [2.45, 2.75) is 39.3 Å². The lowest BCUT2D eigenvalue weighted by Crippen LogP contribution is -2.45. The first-order chi connectivity index (χ1) is 17.0. The van der Waals surface area contributed by atoms with Gasteiger partial charge in [-0.1, -0.05) is 42.5 Å². The molecule has 2 aromatic carbocycles. The van der Waals surface area contributed by atoms with Gasteiger partial charge in [0.25, 0.3) is 0 Å². The molecule has 182 valence electrons. The van der Waals surface area contributed by atoms with Crippen LogP contribution < -0.4 is 10.6 Å². The van der Waals surface area contributed by atoms with Gasteiger partial charge in [-0.2, -0.15) is 0 Å². The number of thiazole rings is 1. The fourth-order valence-corrected chi connectivity index (χ4v) is 5.84. The minimum atomic E-state index is -0.234. The van der Waals surface area contributed by atoms with Gasteiger partial charge in [-0.05, 0) is 43.0 Å². The Bertz CT molecular complexity index is 1200. The number of benzene rings is 2. The summed E-state index contributed by atoms with van der Waals surface area (Å²) < 4.78 is 0. The lowest BCUT2D eigenvalue weighted by atomic mass is 9.97. The smallest absolute Gasteiger partial charge is 0.321 e. The van der Waals surface area contributed by atoms with Gasteiger partial charge in [0.2, 0.25) is 5.91 Å². The molecule has 2 aliphatic heterocycles. The maximum atomic E-state index is 13.0. The number of urea groups is 1. The molecule has 0 radical (unpaired) electrons. The number of likely N-dealkylation sites (tertiary alicyclic amines) is 1. The molecule has 2 aliphatic rings. The summed E-state index contributed by atoms with van der Waals surface area (Å²) in [5.74, 6) is -0.284. The standard InChI is InChI=1S/C27H31N5O2S/c1-19-7-5-11-22(15-19)28-27(34)32-13-6-10-21(17-32)25(33)30-26-29-23-12-14-31(18-24(23)35-26)16-20-8-3-2-4-9-20/h2-5,7-9,11,15,21H,6,10,12-14,16-18H2,1H3,(H,28,34)(H,29,30,33). The third kappa shape index (κ3) is 5.89. The number of nitrogens with one attached hydrogen (secondary N) is 2. The highest BCUT2D eigenvalue weighted by Crippen LogP contribution is 2.30. The van der Waals surface area contributed by atoms with Crippen LogP contribution in [0.1, 0.15) is 34.5 Å². The van der Waals surface area contributed by atoms with Gasteiger partial charge in [-0.25, -0.2) is 9.78 Å². The van der Waals surface area contributed by atoms with Crippen molar-refractivity contribution in [1.82, 2.24) is 14.8 Å². The molecule has 3 amide bonds. The molecule has 0 bridgehead atoms.